The highest BCUT2D eigenvalue weighted by Crippen LogP contribution is 2.26. The Morgan fingerprint density at radius 3 is 2.50 bits per heavy atom. The van der Waals surface area contributed by atoms with Crippen molar-refractivity contribution in [2.45, 2.75) is 25.4 Å². The first-order chi connectivity index (χ1) is 11.7. The van der Waals surface area contributed by atoms with Gasteiger partial charge in [-0.3, -0.25) is 4.90 Å². The molecule has 0 spiro atoms. The number of likely N-dealkylation sites (tertiary alicyclic amines) is 1. The molecule has 1 aromatic rings. The summed E-state index contributed by atoms with van der Waals surface area (Å²) < 4.78 is 5.41. The first kappa shape index (κ1) is 18.2. The van der Waals surface area contributed by atoms with Crippen LogP contribution in [0.3, 0.4) is 0 Å². The van der Waals surface area contributed by atoms with E-state index in [0.717, 1.165) is 50.9 Å². The van der Waals surface area contributed by atoms with E-state index in [4.69, 9.17) is 16.3 Å². The van der Waals surface area contributed by atoms with Crippen molar-refractivity contribution in [3.05, 3.63) is 34.9 Å². The molecule has 1 aromatic carbocycles. The Hall–Kier alpha value is -0.650. The monoisotopic (exact) mass is 352 g/mol. The van der Waals surface area contributed by atoms with Gasteiger partial charge in [-0.15, -0.1) is 0 Å². The average molecular weight is 353 g/mol. The quantitative estimate of drug-likeness (QED) is 0.854. The molecule has 0 amide bonds. The van der Waals surface area contributed by atoms with Gasteiger partial charge >= 0.3 is 0 Å². The Balaban J connectivity index is 1.38. The predicted octanol–water partition coefficient (Wildman–Crippen LogP) is 2.81. The van der Waals surface area contributed by atoms with Crippen LogP contribution < -0.4 is 0 Å². The zero-order chi connectivity index (χ0) is 16.8. The number of halogens is 1. The number of rotatable bonds is 6. The van der Waals surface area contributed by atoms with E-state index in [-0.39, 0.29) is 0 Å². The second-order valence-corrected chi connectivity index (χ2v) is 7.43. The number of benzene rings is 1. The van der Waals surface area contributed by atoms with E-state index in [0.29, 0.717) is 11.6 Å². The molecule has 1 N–H and O–H groups in total. The van der Waals surface area contributed by atoms with Crippen LogP contribution in [-0.4, -0.2) is 67.4 Å². The largest absolute Gasteiger partial charge is 0.387 e. The molecule has 0 aliphatic carbocycles. The molecule has 0 saturated carbocycles. The number of aliphatic hydroxyl groups is 1. The maximum Gasteiger partial charge on any atom is 0.0931 e. The van der Waals surface area contributed by atoms with Gasteiger partial charge in [-0.05, 0) is 50.9 Å². The van der Waals surface area contributed by atoms with Crippen molar-refractivity contribution in [2.75, 3.05) is 52.5 Å². The van der Waals surface area contributed by atoms with E-state index in [2.05, 4.69) is 9.80 Å². The Bertz CT molecular complexity index is 500. The van der Waals surface area contributed by atoms with Crippen LogP contribution in [0.4, 0.5) is 0 Å². The number of ether oxygens (including phenoxy) is 1. The molecule has 2 aliphatic heterocycles. The third kappa shape index (κ3) is 5.17. The number of nitrogens with zero attached hydrogens (tertiary/aromatic N) is 2. The lowest BCUT2D eigenvalue weighted by Gasteiger charge is -2.34. The summed E-state index contributed by atoms with van der Waals surface area (Å²) in [5.41, 5.74) is 0.841. The maximum atomic E-state index is 10.4. The van der Waals surface area contributed by atoms with Crippen molar-refractivity contribution in [1.82, 2.24) is 9.80 Å². The molecule has 0 bridgehead atoms. The van der Waals surface area contributed by atoms with Crippen LogP contribution in [0.25, 0.3) is 0 Å². The fraction of sp³-hybridized carbons (Fsp3) is 0.684. The molecule has 0 radical (unpaired) electrons. The predicted molar refractivity (Wildman–Crippen MR) is 97.5 cm³/mol. The minimum Gasteiger partial charge on any atom is -0.387 e. The molecule has 0 unspecified atom stereocenters. The molecule has 2 heterocycles. The normalized spacial score (nSPS) is 22.6. The summed E-state index contributed by atoms with van der Waals surface area (Å²) in [7, 11) is 0. The number of morpholine rings is 1. The highest BCUT2D eigenvalue weighted by molar-refractivity contribution is 6.31. The van der Waals surface area contributed by atoms with Crippen molar-refractivity contribution >= 4 is 11.6 Å². The molecular formula is C19H29ClN2O2. The molecular weight excluding hydrogens is 324 g/mol. The van der Waals surface area contributed by atoms with Gasteiger partial charge in [0.05, 0.1) is 19.3 Å². The fourth-order valence-corrected chi connectivity index (χ4v) is 4.00. The number of hydrogen-bond donors (Lipinski definition) is 1. The van der Waals surface area contributed by atoms with Crippen LogP contribution >= 0.6 is 11.6 Å². The third-order valence-electron chi connectivity index (χ3n) is 5.36. The smallest absolute Gasteiger partial charge is 0.0931 e. The molecule has 0 aromatic heterocycles. The lowest BCUT2D eigenvalue weighted by atomic mass is 9.93. The molecule has 134 valence electrons. The van der Waals surface area contributed by atoms with E-state index >= 15 is 0 Å². The highest BCUT2D eigenvalue weighted by atomic mass is 35.5. The zero-order valence-corrected chi connectivity index (χ0v) is 15.1. The van der Waals surface area contributed by atoms with Gasteiger partial charge in [0.1, 0.15) is 0 Å². The van der Waals surface area contributed by atoms with Crippen LogP contribution in [0, 0.1) is 5.92 Å². The average Bonchev–Trinajstić information content (AvgIpc) is 2.62. The van der Waals surface area contributed by atoms with Gasteiger partial charge in [0, 0.05) is 30.2 Å². The van der Waals surface area contributed by atoms with E-state index in [9.17, 15) is 5.11 Å². The number of hydrogen-bond acceptors (Lipinski definition) is 4. The van der Waals surface area contributed by atoms with Crippen molar-refractivity contribution in [2.24, 2.45) is 5.92 Å². The summed E-state index contributed by atoms with van der Waals surface area (Å²) in [5.74, 6) is 0.821. The summed E-state index contributed by atoms with van der Waals surface area (Å²) in [6.07, 6.45) is 3.27. The molecule has 24 heavy (non-hydrogen) atoms. The van der Waals surface area contributed by atoms with Crippen LogP contribution in [0.5, 0.6) is 0 Å². The molecule has 4 nitrogen and oxygen atoms in total. The van der Waals surface area contributed by atoms with Crippen molar-refractivity contribution < 1.29 is 9.84 Å². The highest BCUT2D eigenvalue weighted by Gasteiger charge is 2.23. The van der Waals surface area contributed by atoms with Gasteiger partial charge in [-0.25, -0.2) is 0 Å². The standard InChI is InChI=1S/C19H29ClN2O2/c20-18-4-2-1-3-17(18)19(23)15-22-9-6-16(7-10-22)5-8-21-11-13-24-14-12-21/h1-4,16,19,23H,5-15H2/t19-/m0/s1. The van der Waals surface area contributed by atoms with E-state index < -0.39 is 6.10 Å². The summed E-state index contributed by atoms with van der Waals surface area (Å²) in [4.78, 5) is 4.90. The van der Waals surface area contributed by atoms with Gasteiger partial charge in [-0.2, -0.15) is 0 Å². The second kappa shape index (κ2) is 9.16. The van der Waals surface area contributed by atoms with Gasteiger partial charge in [0.25, 0.3) is 0 Å². The number of aliphatic hydroxyl groups excluding tert-OH is 1. The van der Waals surface area contributed by atoms with E-state index in [1.807, 2.05) is 24.3 Å². The van der Waals surface area contributed by atoms with Crippen LogP contribution in [0.15, 0.2) is 24.3 Å². The van der Waals surface area contributed by atoms with Gasteiger partial charge in [0.2, 0.25) is 0 Å². The van der Waals surface area contributed by atoms with E-state index in [1.54, 1.807) is 0 Å². The molecule has 2 saturated heterocycles. The van der Waals surface area contributed by atoms with Crippen LogP contribution in [-0.2, 0) is 4.74 Å². The second-order valence-electron chi connectivity index (χ2n) is 7.02. The molecule has 3 rings (SSSR count). The Morgan fingerprint density at radius 1 is 1.08 bits per heavy atom. The molecule has 5 heteroatoms. The van der Waals surface area contributed by atoms with Crippen molar-refractivity contribution in [3.8, 4) is 0 Å². The van der Waals surface area contributed by atoms with Gasteiger partial charge in [0.15, 0.2) is 0 Å². The summed E-state index contributed by atoms with van der Waals surface area (Å²) in [5, 5.41) is 11.1. The molecule has 2 aliphatic rings. The molecule has 2 fully saturated rings. The van der Waals surface area contributed by atoms with Gasteiger partial charge in [-0.1, -0.05) is 29.8 Å². The minimum atomic E-state index is -0.497. The lowest BCUT2D eigenvalue weighted by molar-refractivity contribution is 0.0324. The number of piperidine rings is 1. The Kier molecular flexibility index (Phi) is 6.93. The zero-order valence-electron chi connectivity index (χ0n) is 14.4. The topological polar surface area (TPSA) is 35.9 Å². The minimum absolute atomic E-state index is 0.497. The Labute approximate surface area is 150 Å². The summed E-state index contributed by atoms with van der Waals surface area (Å²) >= 11 is 6.18. The maximum absolute atomic E-state index is 10.4. The summed E-state index contributed by atoms with van der Waals surface area (Å²) in [6.45, 7) is 7.99. The van der Waals surface area contributed by atoms with Crippen LogP contribution in [0.2, 0.25) is 5.02 Å². The summed E-state index contributed by atoms with van der Waals surface area (Å²) in [6, 6.07) is 7.60. The Morgan fingerprint density at radius 2 is 1.79 bits per heavy atom. The van der Waals surface area contributed by atoms with Crippen LogP contribution in [0.1, 0.15) is 30.9 Å². The first-order valence-electron chi connectivity index (χ1n) is 9.17. The third-order valence-corrected chi connectivity index (χ3v) is 5.70. The van der Waals surface area contributed by atoms with E-state index in [1.165, 1.54) is 25.8 Å². The SMILES string of the molecule is O[C@@H](CN1CCC(CCN2CCOCC2)CC1)c1ccccc1Cl. The molecule has 1 atom stereocenters. The first-order valence-corrected chi connectivity index (χ1v) is 9.55. The van der Waals surface area contributed by atoms with Crippen molar-refractivity contribution in [3.63, 3.8) is 0 Å². The van der Waals surface area contributed by atoms with Crippen molar-refractivity contribution in [1.29, 1.82) is 0 Å². The lowest BCUT2D eigenvalue weighted by Crippen LogP contribution is -2.40. The fourth-order valence-electron chi connectivity index (χ4n) is 3.74. The number of β-amino-alcohol motifs (C(OH)–C–C–N with tert-alkyl or cyclic N) is 1. The van der Waals surface area contributed by atoms with Gasteiger partial charge < -0.3 is 14.7 Å².